The van der Waals surface area contributed by atoms with Crippen molar-refractivity contribution < 1.29 is 29.0 Å². The molecule has 2 aromatic carbocycles. The summed E-state index contributed by atoms with van der Waals surface area (Å²) in [6, 6.07) is 13.2. The van der Waals surface area contributed by atoms with Crippen LogP contribution in [0.15, 0.2) is 48.5 Å². The summed E-state index contributed by atoms with van der Waals surface area (Å²) in [4.78, 5) is 40.6. The smallest absolute Gasteiger partial charge is 0.333 e. The lowest BCUT2D eigenvalue weighted by Gasteiger charge is -2.12. The number of carbonyl (C=O) groups excluding carboxylic acids is 3. The molecular formula is C25H28N4O6. The fourth-order valence-corrected chi connectivity index (χ4v) is 3.37. The van der Waals surface area contributed by atoms with Gasteiger partial charge in [-0.1, -0.05) is 24.6 Å². The van der Waals surface area contributed by atoms with Crippen LogP contribution in [0.4, 0.5) is 0 Å². The van der Waals surface area contributed by atoms with Crippen LogP contribution in [0.3, 0.4) is 0 Å². The van der Waals surface area contributed by atoms with E-state index in [1.54, 1.807) is 25.1 Å². The molecule has 0 radical (unpaired) electrons. The number of ether oxygens (including phenoxy) is 2. The van der Waals surface area contributed by atoms with E-state index in [1.165, 1.54) is 0 Å². The molecule has 0 unspecified atom stereocenters. The number of aryl methyl sites for hydroxylation is 1. The number of carbonyl (C=O) groups is 3. The Morgan fingerprint density at radius 1 is 1.06 bits per heavy atom. The first-order valence-corrected chi connectivity index (χ1v) is 11.1. The fraction of sp³-hybridized carbons (Fsp3) is 0.280. The monoisotopic (exact) mass is 480 g/mol. The van der Waals surface area contributed by atoms with Crippen LogP contribution in [0.25, 0.3) is 10.8 Å². The van der Waals surface area contributed by atoms with E-state index in [-0.39, 0.29) is 11.4 Å². The van der Waals surface area contributed by atoms with E-state index < -0.39 is 30.4 Å². The topological polar surface area (TPSA) is 167 Å². The van der Waals surface area contributed by atoms with Gasteiger partial charge in [-0.2, -0.15) is 0 Å². The van der Waals surface area contributed by atoms with Gasteiger partial charge >= 0.3 is 11.9 Å². The van der Waals surface area contributed by atoms with Crippen molar-refractivity contribution in [3.05, 3.63) is 59.9 Å². The number of unbranched alkanes of at least 4 members (excludes halogenated alkanes) is 1. The zero-order chi connectivity index (χ0) is 25.4. The molecule has 0 aliphatic carbocycles. The predicted octanol–water partition coefficient (Wildman–Crippen LogP) is 2.30. The number of aromatic hydroxyl groups is 1. The summed E-state index contributed by atoms with van der Waals surface area (Å²) < 4.78 is 10.5. The molecule has 1 heterocycles. The second-order valence-electron chi connectivity index (χ2n) is 7.88. The van der Waals surface area contributed by atoms with Crippen molar-refractivity contribution in [1.82, 2.24) is 10.3 Å². The van der Waals surface area contributed by atoms with Crippen LogP contribution < -0.4 is 21.5 Å². The Bertz CT molecular complexity index is 1220. The number of nitrogens with zero attached hydrogens (tertiary/aromatic N) is 1. The normalized spacial score (nSPS) is 11.6. The highest BCUT2D eigenvalue weighted by atomic mass is 16.6. The third kappa shape index (κ3) is 6.75. The zero-order valence-electron chi connectivity index (χ0n) is 19.3. The number of nitrogens with one attached hydrogen (secondary N) is 1. The van der Waals surface area contributed by atoms with E-state index in [2.05, 4.69) is 15.0 Å². The van der Waals surface area contributed by atoms with Crippen LogP contribution in [0.2, 0.25) is 0 Å². The minimum Gasteiger partial charge on any atom is -0.505 e. The van der Waals surface area contributed by atoms with Gasteiger partial charge in [-0.25, -0.2) is 14.6 Å². The van der Waals surface area contributed by atoms with Gasteiger partial charge in [0, 0.05) is 16.5 Å². The average Bonchev–Trinajstić information content (AvgIpc) is 2.85. The van der Waals surface area contributed by atoms with Crippen LogP contribution in [0, 0.1) is 6.92 Å². The Morgan fingerprint density at radius 2 is 1.80 bits per heavy atom. The van der Waals surface area contributed by atoms with Gasteiger partial charge in [-0.05, 0) is 56.6 Å². The fourth-order valence-electron chi connectivity index (χ4n) is 3.37. The third-order valence-electron chi connectivity index (χ3n) is 5.21. The standard InChI is InChI=1S/C25H28N4O6/c1-15-19-13-17(34-16-7-3-2-4-8-16)10-11-18(19)23(31)22(29-15)24(32)28-14-21(30)35-25(33)20(27)9-5-6-12-26/h2-4,7-8,10-11,13,20,31H,5-6,9,12,14,26-27H2,1H3,(H,28,32)/t20-/m0/s1. The number of aromatic nitrogens is 1. The Morgan fingerprint density at radius 3 is 2.51 bits per heavy atom. The second-order valence-corrected chi connectivity index (χ2v) is 7.88. The number of benzene rings is 2. The van der Waals surface area contributed by atoms with E-state index in [1.807, 2.05) is 30.3 Å². The first-order chi connectivity index (χ1) is 16.8. The van der Waals surface area contributed by atoms with Gasteiger partial charge in [0.2, 0.25) is 0 Å². The summed E-state index contributed by atoms with van der Waals surface area (Å²) in [6.07, 6.45) is 1.67. The maximum atomic E-state index is 12.6. The molecule has 6 N–H and O–H groups in total. The Labute approximate surface area is 202 Å². The average molecular weight is 481 g/mol. The highest BCUT2D eigenvalue weighted by Crippen LogP contribution is 2.33. The largest absolute Gasteiger partial charge is 0.505 e. The Balaban J connectivity index is 1.65. The van der Waals surface area contributed by atoms with Crippen molar-refractivity contribution in [2.75, 3.05) is 13.1 Å². The van der Waals surface area contributed by atoms with Gasteiger partial charge in [-0.3, -0.25) is 4.79 Å². The second kappa shape index (κ2) is 11.9. The van der Waals surface area contributed by atoms with Crippen LogP contribution in [-0.4, -0.2) is 47.1 Å². The summed E-state index contributed by atoms with van der Waals surface area (Å²) in [5.41, 5.74) is 11.3. The molecule has 1 atom stereocenters. The molecule has 35 heavy (non-hydrogen) atoms. The zero-order valence-corrected chi connectivity index (χ0v) is 19.3. The van der Waals surface area contributed by atoms with Gasteiger partial charge in [0.1, 0.15) is 24.1 Å². The molecule has 1 aromatic heterocycles. The van der Waals surface area contributed by atoms with Gasteiger partial charge in [0.25, 0.3) is 5.91 Å². The SMILES string of the molecule is Cc1nc(C(=O)NCC(=O)OC(=O)[C@@H](N)CCCCN)c(O)c2ccc(Oc3ccccc3)cc12. The summed E-state index contributed by atoms with van der Waals surface area (Å²) in [6.45, 7) is 1.57. The van der Waals surface area contributed by atoms with Crippen LogP contribution in [-0.2, 0) is 14.3 Å². The number of hydrogen-bond acceptors (Lipinski definition) is 9. The van der Waals surface area contributed by atoms with Gasteiger partial charge in [0.15, 0.2) is 11.4 Å². The minimum atomic E-state index is -0.975. The first kappa shape index (κ1) is 25.6. The molecule has 3 rings (SSSR count). The van der Waals surface area contributed by atoms with E-state index in [9.17, 15) is 19.5 Å². The molecule has 10 nitrogen and oxygen atoms in total. The van der Waals surface area contributed by atoms with Crippen LogP contribution >= 0.6 is 0 Å². The molecule has 0 fully saturated rings. The lowest BCUT2D eigenvalue weighted by Crippen LogP contribution is -2.37. The molecule has 0 aliphatic heterocycles. The van der Waals surface area contributed by atoms with Crippen molar-refractivity contribution in [3.63, 3.8) is 0 Å². The van der Waals surface area contributed by atoms with E-state index in [0.29, 0.717) is 53.8 Å². The quantitative estimate of drug-likeness (QED) is 0.193. The number of pyridine rings is 1. The molecular weight excluding hydrogens is 452 g/mol. The molecule has 0 aliphatic rings. The van der Waals surface area contributed by atoms with E-state index in [0.717, 1.165) is 0 Å². The van der Waals surface area contributed by atoms with Crippen molar-refractivity contribution in [3.8, 4) is 17.2 Å². The lowest BCUT2D eigenvalue weighted by atomic mass is 10.1. The number of amides is 1. The summed E-state index contributed by atoms with van der Waals surface area (Å²) in [5.74, 6) is -1.80. The number of nitrogens with two attached hydrogens (primary N) is 2. The minimum absolute atomic E-state index is 0.260. The van der Waals surface area contributed by atoms with E-state index >= 15 is 0 Å². The van der Waals surface area contributed by atoms with Crippen molar-refractivity contribution >= 4 is 28.6 Å². The number of fused-ring (bicyclic) bond motifs is 1. The van der Waals surface area contributed by atoms with Gasteiger partial charge in [-0.15, -0.1) is 0 Å². The van der Waals surface area contributed by atoms with Gasteiger partial charge < -0.3 is 31.4 Å². The highest BCUT2D eigenvalue weighted by Gasteiger charge is 2.22. The predicted molar refractivity (Wildman–Crippen MR) is 129 cm³/mol. The lowest BCUT2D eigenvalue weighted by molar-refractivity contribution is -0.160. The Hall–Kier alpha value is -4.02. The number of hydrogen-bond donors (Lipinski definition) is 4. The molecule has 10 heteroatoms. The third-order valence-corrected chi connectivity index (χ3v) is 5.21. The molecule has 0 bridgehead atoms. The van der Waals surface area contributed by atoms with Crippen molar-refractivity contribution in [1.29, 1.82) is 0 Å². The molecule has 184 valence electrons. The van der Waals surface area contributed by atoms with E-state index in [4.69, 9.17) is 16.2 Å². The van der Waals surface area contributed by atoms with Crippen LogP contribution in [0.1, 0.15) is 35.4 Å². The molecule has 1 amide bonds. The molecule has 0 saturated carbocycles. The summed E-state index contributed by atoms with van der Waals surface area (Å²) in [5, 5.41) is 13.9. The number of rotatable bonds is 10. The molecule has 3 aromatic rings. The number of para-hydroxylation sites is 1. The Kier molecular flexibility index (Phi) is 8.71. The summed E-state index contributed by atoms with van der Waals surface area (Å²) in [7, 11) is 0. The highest BCUT2D eigenvalue weighted by molar-refractivity contribution is 6.03. The first-order valence-electron chi connectivity index (χ1n) is 11.1. The molecule has 0 spiro atoms. The maximum absolute atomic E-state index is 12.6. The number of esters is 2. The van der Waals surface area contributed by atoms with Crippen molar-refractivity contribution in [2.45, 2.75) is 32.2 Å². The summed E-state index contributed by atoms with van der Waals surface area (Å²) >= 11 is 0. The van der Waals surface area contributed by atoms with Crippen LogP contribution in [0.5, 0.6) is 17.2 Å². The van der Waals surface area contributed by atoms with Gasteiger partial charge in [0.05, 0.1) is 0 Å². The molecule has 0 saturated heterocycles. The maximum Gasteiger partial charge on any atom is 0.333 e. The van der Waals surface area contributed by atoms with Crippen molar-refractivity contribution in [2.24, 2.45) is 11.5 Å².